The van der Waals surface area contributed by atoms with Crippen LogP contribution in [0.3, 0.4) is 0 Å². The lowest BCUT2D eigenvalue weighted by Gasteiger charge is -2.30. The fourth-order valence-corrected chi connectivity index (χ4v) is 2.09. The molecule has 2 rings (SSSR count). The van der Waals surface area contributed by atoms with Crippen LogP contribution in [0.4, 0.5) is 0 Å². The van der Waals surface area contributed by atoms with E-state index in [1.807, 2.05) is 43.1 Å². The van der Waals surface area contributed by atoms with Crippen LogP contribution in [0.15, 0.2) is 24.3 Å². The molecule has 0 radical (unpaired) electrons. The SMILES string of the molecule is Cc1ccccc1OCCCN(C)C(=O)C1CNC1. The fraction of sp³-hybridized carbons (Fsp3) is 0.533. The van der Waals surface area contributed by atoms with Gasteiger partial charge in [-0.2, -0.15) is 0 Å². The summed E-state index contributed by atoms with van der Waals surface area (Å²) in [7, 11) is 1.87. The van der Waals surface area contributed by atoms with Crippen molar-refractivity contribution >= 4 is 5.91 Å². The summed E-state index contributed by atoms with van der Waals surface area (Å²) < 4.78 is 5.72. The predicted molar refractivity (Wildman–Crippen MR) is 75.3 cm³/mol. The average Bonchev–Trinajstić information content (AvgIpc) is 2.34. The van der Waals surface area contributed by atoms with Crippen molar-refractivity contribution in [1.29, 1.82) is 0 Å². The maximum Gasteiger partial charge on any atom is 0.227 e. The number of hydrogen-bond acceptors (Lipinski definition) is 3. The molecule has 0 saturated carbocycles. The van der Waals surface area contributed by atoms with E-state index in [0.717, 1.165) is 37.4 Å². The maximum atomic E-state index is 11.9. The maximum absolute atomic E-state index is 11.9. The Morgan fingerprint density at radius 1 is 1.42 bits per heavy atom. The highest BCUT2D eigenvalue weighted by molar-refractivity contribution is 5.79. The second-order valence-electron chi connectivity index (χ2n) is 5.08. The van der Waals surface area contributed by atoms with E-state index in [0.29, 0.717) is 6.61 Å². The number of carbonyl (C=O) groups excluding carboxylic acids is 1. The van der Waals surface area contributed by atoms with Crippen molar-refractivity contribution in [1.82, 2.24) is 10.2 Å². The molecule has 1 aromatic carbocycles. The van der Waals surface area contributed by atoms with E-state index in [1.54, 1.807) is 0 Å². The van der Waals surface area contributed by atoms with Gasteiger partial charge in [-0.25, -0.2) is 0 Å². The van der Waals surface area contributed by atoms with Crippen LogP contribution in [0.1, 0.15) is 12.0 Å². The molecule has 1 fully saturated rings. The highest BCUT2D eigenvalue weighted by Crippen LogP contribution is 2.16. The van der Waals surface area contributed by atoms with E-state index in [2.05, 4.69) is 5.32 Å². The number of hydrogen-bond donors (Lipinski definition) is 1. The van der Waals surface area contributed by atoms with E-state index in [-0.39, 0.29) is 11.8 Å². The van der Waals surface area contributed by atoms with E-state index < -0.39 is 0 Å². The number of nitrogens with zero attached hydrogens (tertiary/aromatic N) is 1. The van der Waals surface area contributed by atoms with E-state index in [1.165, 1.54) is 0 Å². The van der Waals surface area contributed by atoms with Crippen molar-refractivity contribution in [2.75, 3.05) is 33.3 Å². The minimum atomic E-state index is 0.183. The number of amides is 1. The van der Waals surface area contributed by atoms with Crippen LogP contribution in [-0.2, 0) is 4.79 Å². The number of carbonyl (C=O) groups is 1. The zero-order valence-electron chi connectivity index (χ0n) is 11.7. The van der Waals surface area contributed by atoms with Gasteiger partial charge >= 0.3 is 0 Å². The minimum Gasteiger partial charge on any atom is -0.493 e. The summed E-state index contributed by atoms with van der Waals surface area (Å²) in [6.07, 6.45) is 0.858. The van der Waals surface area contributed by atoms with Crippen LogP contribution in [0, 0.1) is 12.8 Å². The van der Waals surface area contributed by atoms with Crippen molar-refractivity contribution in [3.05, 3.63) is 29.8 Å². The Balaban J connectivity index is 1.66. The molecule has 0 bridgehead atoms. The van der Waals surface area contributed by atoms with Gasteiger partial charge in [0.05, 0.1) is 12.5 Å². The quantitative estimate of drug-likeness (QED) is 0.789. The lowest BCUT2D eigenvalue weighted by Crippen LogP contribution is -2.51. The van der Waals surface area contributed by atoms with Gasteiger partial charge in [0.25, 0.3) is 0 Å². The van der Waals surface area contributed by atoms with Crippen molar-refractivity contribution in [2.24, 2.45) is 5.92 Å². The van der Waals surface area contributed by atoms with Gasteiger partial charge in [0, 0.05) is 26.7 Å². The van der Waals surface area contributed by atoms with Crippen molar-refractivity contribution in [2.45, 2.75) is 13.3 Å². The summed E-state index contributed by atoms with van der Waals surface area (Å²) in [4.78, 5) is 13.7. The highest BCUT2D eigenvalue weighted by atomic mass is 16.5. The number of aryl methyl sites for hydroxylation is 1. The molecule has 1 aliphatic heterocycles. The summed E-state index contributed by atoms with van der Waals surface area (Å²) in [5.41, 5.74) is 1.15. The molecule has 0 aliphatic carbocycles. The molecule has 4 heteroatoms. The summed E-state index contributed by atoms with van der Waals surface area (Å²) in [5, 5.41) is 3.12. The Bertz CT molecular complexity index is 430. The Morgan fingerprint density at radius 3 is 2.79 bits per heavy atom. The number of benzene rings is 1. The molecule has 4 nitrogen and oxygen atoms in total. The number of rotatable bonds is 6. The van der Waals surface area contributed by atoms with E-state index >= 15 is 0 Å². The van der Waals surface area contributed by atoms with Gasteiger partial charge in [-0.05, 0) is 25.0 Å². The topological polar surface area (TPSA) is 41.6 Å². The Kier molecular flexibility index (Phi) is 4.80. The number of ether oxygens (including phenoxy) is 1. The van der Waals surface area contributed by atoms with Crippen LogP contribution < -0.4 is 10.1 Å². The largest absolute Gasteiger partial charge is 0.493 e. The van der Waals surface area contributed by atoms with Crippen molar-refractivity contribution in [3.8, 4) is 5.75 Å². The third kappa shape index (κ3) is 3.70. The summed E-state index contributed by atoms with van der Waals surface area (Å²) in [6, 6.07) is 7.99. The molecule has 0 atom stereocenters. The van der Waals surface area contributed by atoms with Crippen LogP contribution in [0.2, 0.25) is 0 Å². The zero-order chi connectivity index (χ0) is 13.7. The van der Waals surface area contributed by atoms with Gasteiger partial charge in [0.15, 0.2) is 0 Å². The number of para-hydroxylation sites is 1. The van der Waals surface area contributed by atoms with Gasteiger partial charge in [-0.3, -0.25) is 4.79 Å². The molecule has 0 aromatic heterocycles. The van der Waals surface area contributed by atoms with Gasteiger partial charge in [0.1, 0.15) is 5.75 Å². The first kappa shape index (κ1) is 13.9. The van der Waals surface area contributed by atoms with Crippen LogP contribution in [-0.4, -0.2) is 44.1 Å². The third-order valence-electron chi connectivity index (χ3n) is 3.50. The summed E-state index contributed by atoms with van der Waals surface area (Å²) in [6.45, 7) is 5.08. The molecule has 0 unspecified atom stereocenters. The van der Waals surface area contributed by atoms with Gasteiger partial charge < -0.3 is 15.0 Å². The molecule has 1 N–H and O–H groups in total. The second kappa shape index (κ2) is 6.57. The zero-order valence-corrected chi connectivity index (χ0v) is 11.7. The first-order valence-corrected chi connectivity index (χ1v) is 6.82. The van der Waals surface area contributed by atoms with Crippen LogP contribution in [0.5, 0.6) is 5.75 Å². The van der Waals surface area contributed by atoms with E-state index in [9.17, 15) is 4.79 Å². The minimum absolute atomic E-state index is 0.183. The first-order valence-electron chi connectivity index (χ1n) is 6.82. The van der Waals surface area contributed by atoms with Gasteiger partial charge in [-0.15, -0.1) is 0 Å². The van der Waals surface area contributed by atoms with Crippen LogP contribution in [0.25, 0.3) is 0 Å². The van der Waals surface area contributed by atoms with E-state index in [4.69, 9.17) is 4.74 Å². The average molecular weight is 262 g/mol. The summed E-state index contributed by atoms with van der Waals surface area (Å²) >= 11 is 0. The number of nitrogens with one attached hydrogen (secondary N) is 1. The van der Waals surface area contributed by atoms with Crippen molar-refractivity contribution in [3.63, 3.8) is 0 Å². The lowest BCUT2D eigenvalue weighted by atomic mass is 10.0. The molecule has 1 saturated heterocycles. The van der Waals surface area contributed by atoms with Gasteiger partial charge in [0.2, 0.25) is 5.91 Å². The summed E-state index contributed by atoms with van der Waals surface area (Å²) in [5.74, 6) is 1.36. The Hall–Kier alpha value is -1.55. The normalized spacial score (nSPS) is 14.8. The molecular formula is C15H22N2O2. The molecule has 1 aromatic rings. The first-order chi connectivity index (χ1) is 9.18. The highest BCUT2D eigenvalue weighted by Gasteiger charge is 2.27. The molecule has 1 heterocycles. The smallest absolute Gasteiger partial charge is 0.227 e. The monoisotopic (exact) mass is 262 g/mol. The fourth-order valence-electron chi connectivity index (χ4n) is 2.09. The van der Waals surface area contributed by atoms with Crippen molar-refractivity contribution < 1.29 is 9.53 Å². The molecule has 1 amide bonds. The predicted octanol–water partition coefficient (Wildman–Crippen LogP) is 1.44. The molecule has 104 valence electrons. The van der Waals surface area contributed by atoms with Gasteiger partial charge in [-0.1, -0.05) is 18.2 Å². The Morgan fingerprint density at radius 2 is 2.16 bits per heavy atom. The molecule has 19 heavy (non-hydrogen) atoms. The molecular weight excluding hydrogens is 240 g/mol. The Labute approximate surface area is 114 Å². The third-order valence-corrected chi connectivity index (χ3v) is 3.50. The van der Waals surface area contributed by atoms with Crippen LogP contribution >= 0.6 is 0 Å². The molecule has 1 aliphatic rings. The standard InChI is InChI=1S/C15H22N2O2/c1-12-6-3-4-7-14(12)19-9-5-8-17(2)15(18)13-10-16-11-13/h3-4,6-7,13,16H,5,8-11H2,1-2H3. The second-order valence-corrected chi connectivity index (χ2v) is 5.08. The lowest BCUT2D eigenvalue weighted by molar-refractivity contribution is -0.135. The molecule has 0 spiro atoms.